The minimum atomic E-state index is -4.39. The van der Waals surface area contributed by atoms with Crippen molar-refractivity contribution in [3.8, 4) is 11.1 Å². The van der Waals surface area contributed by atoms with Crippen LogP contribution in [-0.2, 0) is 11.0 Å². The standard InChI is InChI=1S/C18H17F3O2/c1-11(2)16(17(22)23)13-8-6-12(7-9-13)14-4-3-5-15(10-14)18(19,20)21/h3-11,16H,1-2H3,(H,22,23)/t16-/m0/s1. The Morgan fingerprint density at radius 3 is 2.09 bits per heavy atom. The molecule has 5 heteroatoms. The fraction of sp³-hybridized carbons (Fsp3) is 0.278. The molecule has 122 valence electrons. The van der Waals surface area contributed by atoms with Crippen LogP contribution in [-0.4, -0.2) is 11.1 Å². The summed E-state index contributed by atoms with van der Waals surface area (Å²) >= 11 is 0. The van der Waals surface area contributed by atoms with Gasteiger partial charge in [0, 0.05) is 0 Å². The van der Waals surface area contributed by atoms with Crippen LogP contribution >= 0.6 is 0 Å². The van der Waals surface area contributed by atoms with Crippen molar-refractivity contribution in [2.75, 3.05) is 0 Å². The molecular weight excluding hydrogens is 305 g/mol. The zero-order chi connectivity index (χ0) is 17.2. The molecule has 0 saturated heterocycles. The monoisotopic (exact) mass is 322 g/mol. The first-order valence-electron chi connectivity index (χ1n) is 7.20. The van der Waals surface area contributed by atoms with Gasteiger partial charge in [0.1, 0.15) is 0 Å². The number of rotatable bonds is 4. The van der Waals surface area contributed by atoms with Crippen LogP contribution in [0.1, 0.15) is 30.9 Å². The van der Waals surface area contributed by atoms with Crippen molar-refractivity contribution >= 4 is 5.97 Å². The summed E-state index contributed by atoms with van der Waals surface area (Å²) in [5.74, 6) is -1.62. The molecule has 2 aromatic carbocycles. The molecule has 23 heavy (non-hydrogen) atoms. The van der Waals surface area contributed by atoms with E-state index < -0.39 is 23.6 Å². The van der Waals surface area contributed by atoms with E-state index in [0.717, 1.165) is 12.1 Å². The van der Waals surface area contributed by atoms with Crippen molar-refractivity contribution in [1.29, 1.82) is 0 Å². The molecular formula is C18H17F3O2. The molecule has 0 aliphatic heterocycles. The summed E-state index contributed by atoms with van der Waals surface area (Å²) < 4.78 is 38.3. The number of benzene rings is 2. The van der Waals surface area contributed by atoms with Gasteiger partial charge in [0.2, 0.25) is 0 Å². The molecule has 0 fully saturated rings. The van der Waals surface area contributed by atoms with Gasteiger partial charge in [-0.2, -0.15) is 13.2 Å². The van der Waals surface area contributed by atoms with E-state index in [0.29, 0.717) is 16.7 Å². The van der Waals surface area contributed by atoms with Crippen molar-refractivity contribution in [1.82, 2.24) is 0 Å². The zero-order valence-electron chi connectivity index (χ0n) is 12.8. The van der Waals surface area contributed by atoms with Gasteiger partial charge in [0.05, 0.1) is 11.5 Å². The van der Waals surface area contributed by atoms with E-state index in [2.05, 4.69) is 0 Å². The van der Waals surface area contributed by atoms with Crippen molar-refractivity contribution < 1.29 is 23.1 Å². The highest BCUT2D eigenvalue weighted by atomic mass is 19.4. The Bertz CT molecular complexity index is 688. The van der Waals surface area contributed by atoms with Gasteiger partial charge < -0.3 is 5.11 Å². The van der Waals surface area contributed by atoms with Crippen LogP contribution < -0.4 is 0 Å². The lowest BCUT2D eigenvalue weighted by molar-refractivity contribution is -0.140. The third kappa shape index (κ3) is 3.92. The minimum Gasteiger partial charge on any atom is -0.481 e. The van der Waals surface area contributed by atoms with E-state index in [1.807, 2.05) is 13.8 Å². The first-order valence-corrected chi connectivity index (χ1v) is 7.20. The number of carbonyl (C=O) groups is 1. The summed E-state index contributed by atoms with van der Waals surface area (Å²) in [4.78, 5) is 11.3. The normalized spacial score (nSPS) is 13.1. The molecule has 0 spiro atoms. The van der Waals surface area contributed by atoms with Crippen molar-refractivity contribution in [2.45, 2.75) is 25.9 Å². The summed E-state index contributed by atoms with van der Waals surface area (Å²) in [6.45, 7) is 3.64. The van der Waals surface area contributed by atoms with Crippen LogP contribution in [0.15, 0.2) is 48.5 Å². The lowest BCUT2D eigenvalue weighted by Gasteiger charge is -2.17. The molecule has 1 N–H and O–H groups in total. The van der Waals surface area contributed by atoms with E-state index in [1.165, 1.54) is 6.07 Å². The fourth-order valence-electron chi connectivity index (χ4n) is 2.57. The molecule has 0 aromatic heterocycles. The Labute approximate surface area is 132 Å². The van der Waals surface area contributed by atoms with Crippen molar-refractivity contribution in [3.63, 3.8) is 0 Å². The average molecular weight is 322 g/mol. The quantitative estimate of drug-likeness (QED) is 0.840. The molecule has 1 atom stereocenters. The third-order valence-electron chi connectivity index (χ3n) is 3.73. The predicted molar refractivity (Wildman–Crippen MR) is 82.1 cm³/mol. The number of halogens is 3. The molecule has 0 aliphatic rings. The van der Waals surface area contributed by atoms with Crippen molar-refractivity contribution in [3.05, 3.63) is 59.7 Å². The summed E-state index contributed by atoms with van der Waals surface area (Å²) in [6, 6.07) is 11.7. The maximum atomic E-state index is 12.8. The highest BCUT2D eigenvalue weighted by Crippen LogP contribution is 2.33. The maximum Gasteiger partial charge on any atom is 0.416 e. The topological polar surface area (TPSA) is 37.3 Å². The smallest absolute Gasteiger partial charge is 0.416 e. The van der Waals surface area contributed by atoms with Crippen LogP contribution in [0.5, 0.6) is 0 Å². The average Bonchev–Trinajstić information content (AvgIpc) is 2.46. The summed E-state index contributed by atoms with van der Waals surface area (Å²) in [5, 5.41) is 9.28. The molecule has 2 nitrogen and oxygen atoms in total. The number of hydrogen-bond donors (Lipinski definition) is 1. The predicted octanol–water partition coefficient (Wildman–Crippen LogP) is 5.20. The largest absolute Gasteiger partial charge is 0.481 e. The summed E-state index contributed by atoms with van der Waals surface area (Å²) in [7, 11) is 0. The van der Waals surface area contributed by atoms with Crippen LogP contribution in [0.3, 0.4) is 0 Å². The highest BCUT2D eigenvalue weighted by Gasteiger charge is 2.30. The molecule has 0 amide bonds. The van der Waals surface area contributed by atoms with E-state index in [4.69, 9.17) is 0 Å². The minimum absolute atomic E-state index is 0.0769. The number of aliphatic carboxylic acids is 1. The SMILES string of the molecule is CC(C)[C@H](C(=O)O)c1ccc(-c2cccc(C(F)(F)F)c2)cc1. The lowest BCUT2D eigenvalue weighted by atomic mass is 9.87. The second-order valence-corrected chi connectivity index (χ2v) is 5.76. The van der Waals surface area contributed by atoms with Gasteiger partial charge in [-0.1, -0.05) is 50.2 Å². The lowest BCUT2D eigenvalue weighted by Crippen LogP contribution is -2.17. The Morgan fingerprint density at radius 1 is 1.00 bits per heavy atom. The molecule has 0 saturated carbocycles. The van der Waals surface area contributed by atoms with Crippen LogP contribution in [0.2, 0.25) is 0 Å². The zero-order valence-corrected chi connectivity index (χ0v) is 12.8. The number of carboxylic acids is 1. The molecule has 2 rings (SSSR count). The third-order valence-corrected chi connectivity index (χ3v) is 3.73. The van der Waals surface area contributed by atoms with E-state index in [1.54, 1.807) is 30.3 Å². The van der Waals surface area contributed by atoms with Crippen LogP contribution in [0, 0.1) is 5.92 Å². The molecule has 0 aliphatic carbocycles. The molecule has 0 bridgehead atoms. The van der Waals surface area contributed by atoms with Crippen molar-refractivity contribution in [2.24, 2.45) is 5.92 Å². The highest BCUT2D eigenvalue weighted by molar-refractivity contribution is 5.77. The number of alkyl halides is 3. The van der Waals surface area contributed by atoms with Gasteiger partial charge in [-0.25, -0.2) is 0 Å². The van der Waals surface area contributed by atoms with Gasteiger partial charge in [0.15, 0.2) is 0 Å². The van der Waals surface area contributed by atoms with Gasteiger partial charge in [-0.05, 0) is 34.7 Å². The van der Waals surface area contributed by atoms with Crippen LogP contribution in [0.4, 0.5) is 13.2 Å². The Balaban J connectivity index is 2.35. The Hall–Kier alpha value is -2.30. The van der Waals surface area contributed by atoms with E-state index in [9.17, 15) is 23.1 Å². The fourth-order valence-corrected chi connectivity index (χ4v) is 2.57. The summed E-state index contributed by atoms with van der Waals surface area (Å²) in [6.07, 6.45) is -4.39. The molecule has 2 aromatic rings. The Kier molecular flexibility index (Phi) is 4.78. The van der Waals surface area contributed by atoms with Gasteiger partial charge in [-0.15, -0.1) is 0 Å². The maximum absolute atomic E-state index is 12.8. The first kappa shape index (κ1) is 17.1. The number of hydrogen-bond acceptors (Lipinski definition) is 1. The first-order chi connectivity index (χ1) is 10.7. The van der Waals surface area contributed by atoms with E-state index >= 15 is 0 Å². The Morgan fingerprint density at radius 2 is 1.61 bits per heavy atom. The van der Waals surface area contributed by atoms with Gasteiger partial charge in [0.25, 0.3) is 0 Å². The van der Waals surface area contributed by atoms with Gasteiger partial charge in [-0.3, -0.25) is 4.79 Å². The summed E-state index contributed by atoms with van der Waals surface area (Å²) in [5.41, 5.74) is 1.00. The van der Waals surface area contributed by atoms with Crippen LogP contribution in [0.25, 0.3) is 11.1 Å². The van der Waals surface area contributed by atoms with E-state index in [-0.39, 0.29) is 5.92 Å². The molecule has 0 heterocycles. The number of carboxylic acid groups (broad SMARTS) is 1. The molecule has 0 unspecified atom stereocenters. The van der Waals surface area contributed by atoms with Gasteiger partial charge >= 0.3 is 12.1 Å². The second kappa shape index (κ2) is 6.44. The second-order valence-electron chi connectivity index (χ2n) is 5.76. The molecule has 0 radical (unpaired) electrons.